The third-order valence-electron chi connectivity index (χ3n) is 7.59. The minimum atomic E-state index is -4.78. The molecule has 0 amide bonds. The van der Waals surface area contributed by atoms with Crippen molar-refractivity contribution in [1.82, 2.24) is 0 Å². The first-order valence-electron chi connectivity index (χ1n) is 19.5. The second-order valence-corrected chi connectivity index (χ2v) is 13.8. The zero-order valence-electron chi connectivity index (χ0n) is 32.2. The number of ether oxygens (including phenoxy) is 2. The standard InChI is InChI=1S/C43H69O8P/c1-3-5-7-9-11-13-15-17-19-20-21-22-24-25-27-29-31-33-35-37-42(44)49-39-41(40-50-52(46,47)48)51-43(45)38-36-34-32-30-28-26-23-18-16-14-12-10-8-6-4-2/h6,8,11-14,17-19,21-23,25,27-28,30,41H,3-5,7,9-10,15-16,20,24,26,29,31-40H2,1-2H3,(H2,46,47,48)/b8-6-,13-11-,14-12-,19-17-,22-21-,23-18-,27-25-,30-28-/t41-/m1/s1. The van der Waals surface area contributed by atoms with Gasteiger partial charge < -0.3 is 19.3 Å². The fraction of sp³-hybridized carbons (Fsp3) is 0.581. The Morgan fingerprint density at radius 3 is 1.38 bits per heavy atom. The molecule has 0 aromatic rings. The molecule has 2 N–H and O–H groups in total. The number of carbonyl (C=O) groups excluding carboxylic acids is 2. The van der Waals surface area contributed by atoms with Crippen LogP contribution in [-0.2, 0) is 28.2 Å². The van der Waals surface area contributed by atoms with Crippen LogP contribution < -0.4 is 0 Å². The summed E-state index contributed by atoms with van der Waals surface area (Å²) >= 11 is 0. The lowest BCUT2D eigenvalue weighted by atomic mass is 10.1. The molecule has 294 valence electrons. The predicted octanol–water partition coefficient (Wildman–Crippen LogP) is 11.8. The molecule has 0 spiro atoms. The number of rotatable bonds is 34. The van der Waals surface area contributed by atoms with Gasteiger partial charge in [-0.2, -0.15) is 0 Å². The van der Waals surface area contributed by atoms with Gasteiger partial charge in [-0.25, -0.2) is 4.57 Å². The minimum absolute atomic E-state index is 0.146. The van der Waals surface area contributed by atoms with E-state index in [1.807, 2.05) is 0 Å². The van der Waals surface area contributed by atoms with Crippen molar-refractivity contribution in [2.75, 3.05) is 13.2 Å². The van der Waals surface area contributed by atoms with Crippen LogP contribution in [-0.4, -0.2) is 41.0 Å². The molecule has 1 atom stereocenters. The van der Waals surface area contributed by atoms with E-state index in [4.69, 9.17) is 19.3 Å². The highest BCUT2D eigenvalue weighted by Crippen LogP contribution is 2.35. The van der Waals surface area contributed by atoms with E-state index in [0.29, 0.717) is 12.8 Å². The second kappa shape index (κ2) is 37.7. The van der Waals surface area contributed by atoms with E-state index >= 15 is 0 Å². The van der Waals surface area contributed by atoms with Crippen molar-refractivity contribution in [1.29, 1.82) is 0 Å². The number of phosphoric acid groups is 1. The van der Waals surface area contributed by atoms with E-state index in [-0.39, 0.29) is 19.4 Å². The number of hydrogen-bond donors (Lipinski definition) is 2. The van der Waals surface area contributed by atoms with Gasteiger partial charge in [0.25, 0.3) is 0 Å². The first-order valence-corrected chi connectivity index (χ1v) is 21.1. The second-order valence-electron chi connectivity index (χ2n) is 12.5. The average molecular weight is 745 g/mol. The molecule has 52 heavy (non-hydrogen) atoms. The lowest BCUT2D eigenvalue weighted by Crippen LogP contribution is -2.29. The summed E-state index contributed by atoms with van der Waals surface area (Å²) < 4.78 is 26.3. The van der Waals surface area contributed by atoms with Crippen LogP contribution >= 0.6 is 7.82 Å². The van der Waals surface area contributed by atoms with Crippen LogP contribution in [0.15, 0.2) is 97.2 Å². The maximum atomic E-state index is 12.4. The molecule has 0 aliphatic heterocycles. The fourth-order valence-corrected chi connectivity index (χ4v) is 5.06. The van der Waals surface area contributed by atoms with Crippen molar-refractivity contribution < 1.29 is 37.9 Å². The van der Waals surface area contributed by atoms with Crippen molar-refractivity contribution in [2.45, 2.75) is 148 Å². The summed E-state index contributed by atoms with van der Waals surface area (Å²) in [5.41, 5.74) is 0. The molecule has 0 bridgehead atoms. The molecule has 0 saturated carbocycles. The Morgan fingerprint density at radius 1 is 0.519 bits per heavy atom. The van der Waals surface area contributed by atoms with E-state index in [9.17, 15) is 14.2 Å². The van der Waals surface area contributed by atoms with E-state index in [1.54, 1.807) is 0 Å². The largest absolute Gasteiger partial charge is 0.469 e. The summed E-state index contributed by atoms with van der Waals surface area (Å²) in [5.74, 6) is -0.981. The van der Waals surface area contributed by atoms with Gasteiger partial charge in [-0.15, -0.1) is 0 Å². The molecule has 0 unspecified atom stereocenters. The Hall–Kier alpha value is -3.03. The summed E-state index contributed by atoms with van der Waals surface area (Å²) in [6.07, 6.45) is 51.3. The van der Waals surface area contributed by atoms with Crippen LogP contribution in [0, 0.1) is 0 Å². The van der Waals surface area contributed by atoms with E-state index in [2.05, 4.69) is 116 Å². The quantitative estimate of drug-likeness (QED) is 0.0289. The summed E-state index contributed by atoms with van der Waals surface area (Å²) in [7, 11) is -4.78. The van der Waals surface area contributed by atoms with Gasteiger partial charge in [0.1, 0.15) is 6.61 Å². The fourth-order valence-electron chi connectivity index (χ4n) is 4.70. The lowest BCUT2D eigenvalue weighted by molar-refractivity contribution is -0.161. The van der Waals surface area contributed by atoms with Gasteiger partial charge in [-0.1, -0.05) is 130 Å². The van der Waals surface area contributed by atoms with Crippen molar-refractivity contribution in [2.24, 2.45) is 0 Å². The lowest BCUT2D eigenvalue weighted by Gasteiger charge is -2.18. The normalized spacial score (nSPS) is 13.5. The molecule has 0 aromatic carbocycles. The molecular formula is C43H69O8P. The van der Waals surface area contributed by atoms with Gasteiger partial charge in [-0.3, -0.25) is 14.1 Å². The zero-order chi connectivity index (χ0) is 38.2. The zero-order valence-corrected chi connectivity index (χ0v) is 33.1. The number of phosphoric ester groups is 1. The summed E-state index contributed by atoms with van der Waals surface area (Å²) in [6, 6.07) is 0. The molecule has 8 nitrogen and oxygen atoms in total. The average Bonchev–Trinajstić information content (AvgIpc) is 3.11. The highest BCUT2D eigenvalue weighted by Gasteiger charge is 2.22. The predicted molar refractivity (Wildman–Crippen MR) is 216 cm³/mol. The van der Waals surface area contributed by atoms with E-state index < -0.39 is 32.5 Å². The van der Waals surface area contributed by atoms with Gasteiger partial charge in [0.15, 0.2) is 6.10 Å². The Bertz CT molecular complexity index is 1160. The molecule has 0 saturated heterocycles. The molecule has 0 rings (SSSR count). The summed E-state index contributed by atoms with van der Waals surface area (Å²) in [6.45, 7) is 3.45. The van der Waals surface area contributed by atoms with Crippen LogP contribution in [0.1, 0.15) is 142 Å². The highest BCUT2D eigenvalue weighted by atomic mass is 31.2. The molecule has 0 aliphatic carbocycles. The highest BCUT2D eigenvalue weighted by molar-refractivity contribution is 7.46. The van der Waals surface area contributed by atoms with Crippen molar-refractivity contribution >= 4 is 19.8 Å². The number of hydrogen-bond acceptors (Lipinski definition) is 6. The maximum Gasteiger partial charge on any atom is 0.469 e. The molecule has 0 aromatic heterocycles. The van der Waals surface area contributed by atoms with Crippen LogP contribution in [0.25, 0.3) is 0 Å². The van der Waals surface area contributed by atoms with Crippen LogP contribution in [0.3, 0.4) is 0 Å². The third kappa shape index (κ3) is 39.8. The molecule has 0 radical (unpaired) electrons. The number of carbonyl (C=O) groups is 2. The minimum Gasteiger partial charge on any atom is -0.462 e. The van der Waals surface area contributed by atoms with Crippen LogP contribution in [0.5, 0.6) is 0 Å². The van der Waals surface area contributed by atoms with Crippen LogP contribution in [0.4, 0.5) is 0 Å². The topological polar surface area (TPSA) is 119 Å². The van der Waals surface area contributed by atoms with Gasteiger partial charge in [0.2, 0.25) is 0 Å². The summed E-state index contributed by atoms with van der Waals surface area (Å²) in [5, 5.41) is 0. The summed E-state index contributed by atoms with van der Waals surface area (Å²) in [4.78, 5) is 42.7. The van der Waals surface area contributed by atoms with Gasteiger partial charge in [-0.05, 0) is 96.3 Å². The number of allylic oxidation sites excluding steroid dienone is 16. The smallest absolute Gasteiger partial charge is 0.462 e. The SMILES string of the molecule is CC/C=C\C/C=C\C/C=C\C/C=C\CCCCC(=O)O[C@H](COC(=O)CCCCC/C=C\C/C=C\C/C=C\C/C=C\CCCCC)COP(=O)(O)O. The van der Waals surface area contributed by atoms with Gasteiger partial charge in [0.05, 0.1) is 6.61 Å². The van der Waals surface area contributed by atoms with Crippen molar-refractivity contribution in [3.05, 3.63) is 97.2 Å². The molecular weight excluding hydrogens is 675 g/mol. The first-order chi connectivity index (χ1) is 25.3. The van der Waals surface area contributed by atoms with Crippen molar-refractivity contribution in [3.63, 3.8) is 0 Å². The van der Waals surface area contributed by atoms with Crippen molar-refractivity contribution in [3.8, 4) is 0 Å². The van der Waals surface area contributed by atoms with Gasteiger partial charge in [0, 0.05) is 12.8 Å². The number of esters is 2. The number of unbranched alkanes of at least 4 members (excludes halogenated alkanes) is 8. The van der Waals surface area contributed by atoms with Crippen LogP contribution in [0.2, 0.25) is 0 Å². The molecule has 0 heterocycles. The monoisotopic (exact) mass is 744 g/mol. The van der Waals surface area contributed by atoms with Gasteiger partial charge >= 0.3 is 19.8 Å². The molecule has 0 aliphatic rings. The third-order valence-corrected chi connectivity index (χ3v) is 8.07. The Labute approximate surface area is 315 Å². The Balaban J connectivity index is 4.11. The maximum absolute atomic E-state index is 12.4. The Kier molecular flexibility index (Phi) is 35.5. The molecule has 9 heteroatoms. The molecule has 0 fully saturated rings. The Morgan fingerprint density at radius 2 is 0.923 bits per heavy atom. The van der Waals surface area contributed by atoms with E-state index in [0.717, 1.165) is 77.0 Å². The van der Waals surface area contributed by atoms with E-state index in [1.165, 1.54) is 25.7 Å². The first kappa shape index (κ1) is 49.0.